The van der Waals surface area contributed by atoms with Crippen molar-refractivity contribution in [1.29, 1.82) is 0 Å². The van der Waals surface area contributed by atoms with Crippen molar-refractivity contribution in [3.05, 3.63) is 22.6 Å². The molecule has 0 saturated carbocycles. The van der Waals surface area contributed by atoms with Gasteiger partial charge in [0.2, 0.25) is 0 Å². The third-order valence-electron chi connectivity index (χ3n) is 2.13. The normalized spacial score (nSPS) is 20.4. The highest BCUT2D eigenvalue weighted by atomic mass is 16.6. The van der Waals surface area contributed by atoms with Crippen LogP contribution in [0.3, 0.4) is 0 Å². The molecule has 1 fully saturated rings. The van der Waals surface area contributed by atoms with E-state index in [1.807, 2.05) is 13.8 Å². The van der Waals surface area contributed by atoms with Gasteiger partial charge in [-0.05, 0) is 45.8 Å². The van der Waals surface area contributed by atoms with Gasteiger partial charge in [-0.15, -0.1) is 0 Å². The largest absolute Gasteiger partial charge is 0.452 e. The van der Waals surface area contributed by atoms with Crippen molar-refractivity contribution in [3.8, 4) is 0 Å². The molecule has 1 unspecified atom stereocenters. The number of nitrogens with one attached hydrogen (secondary N) is 1. The van der Waals surface area contributed by atoms with E-state index < -0.39 is 0 Å². The van der Waals surface area contributed by atoms with Gasteiger partial charge in [-0.1, -0.05) is 5.57 Å². The van der Waals surface area contributed by atoms with Crippen molar-refractivity contribution in [2.24, 2.45) is 0 Å². The molecule has 1 aliphatic heterocycles. The van der Waals surface area contributed by atoms with E-state index in [4.69, 9.17) is 4.74 Å². The first kappa shape index (κ1) is 9.17. The molecule has 2 heteroatoms. The van der Waals surface area contributed by atoms with Gasteiger partial charge < -0.3 is 10.1 Å². The minimum absolute atomic E-state index is 0.111. The summed E-state index contributed by atoms with van der Waals surface area (Å²) >= 11 is 0. The zero-order valence-corrected chi connectivity index (χ0v) is 8.49. The van der Waals surface area contributed by atoms with E-state index >= 15 is 0 Å². The van der Waals surface area contributed by atoms with Gasteiger partial charge in [-0.25, -0.2) is 0 Å². The molecule has 1 heterocycles. The van der Waals surface area contributed by atoms with Crippen molar-refractivity contribution >= 4 is 0 Å². The Balaban J connectivity index is 2.57. The number of allylic oxidation sites excluding steroid dienone is 2. The number of rotatable bonds is 1. The molecular weight excluding hydrogens is 150 g/mol. The van der Waals surface area contributed by atoms with Crippen LogP contribution in [-0.4, -0.2) is 6.23 Å². The second-order valence-electron chi connectivity index (χ2n) is 3.65. The van der Waals surface area contributed by atoms with Crippen LogP contribution in [0.25, 0.3) is 0 Å². The lowest BCUT2D eigenvalue weighted by Crippen LogP contribution is -2.45. The molecule has 0 aliphatic carbocycles. The smallest absolute Gasteiger partial charge is 0.196 e. The maximum atomic E-state index is 5.53. The van der Waals surface area contributed by atoms with Crippen molar-refractivity contribution in [3.63, 3.8) is 0 Å². The Labute approximate surface area is 74.3 Å². The molecule has 1 saturated heterocycles. The van der Waals surface area contributed by atoms with Gasteiger partial charge in [0.25, 0.3) is 0 Å². The zero-order chi connectivity index (χ0) is 9.30. The van der Waals surface area contributed by atoms with Gasteiger partial charge in [0.1, 0.15) is 0 Å². The van der Waals surface area contributed by atoms with Gasteiger partial charge in [-0.2, -0.15) is 0 Å². The fourth-order valence-corrected chi connectivity index (χ4v) is 0.963. The lowest BCUT2D eigenvalue weighted by atomic mass is 10.1. The van der Waals surface area contributed by atoms with Crippen LogP contribution >= 0.6 is 0 Å². The van der Waals surface area contributed by atoms with Crippen molar-refractivity contribution in [2.45, 2.75) is 40.8 Å². The van der Waals surface area contributed by atoms with Crippen LogP contribution in [-0.2, 0) is 4.74 Å². The number of hydrogen-bond acceptors (Lipinski definition) is 2. The predicted molar refractivity (Wildman–Crippen MR) is 50.4 cm³/mol. The van der Waals surface area contributed by atoms with E-state index in [0.29, 0.717) is 0 Å². The topological polar surface area (TPSA) is 21.3 Å². The third-order valence-corrected chi connectivity index (χ3v) is 2.13. The minimum Gasteiger partial charge on any atom is -0.452 e. The second kappa shape index (κ2) is 3.21. The molecular formula is C10H17NO. The molecule has 0 aromatic rings. The molecule has 0 spiro atoms. The summed E-state index contributed by atoms with van der Waals surface area (Å²) in [5.41, 5.74) is 3.80. The van der Waals surface area contributed by atoms with Crippen LogP contribution in [0, 0.1) is 0 Å². The molecule has 1 N–H and O–H groups in total. The van der Waals surface area contributed by atoms with Crippen LogP contribution in [0.1, 0.15) is 34.6 Å². The van der Waals surface area contributed by atoms with Gasteiger partial charge in [0.15, 0.2) is 12.1 Å². The summed E-state index contributed by atoms with van der Waals surface area (Å²) in [5.74, 6) is 0.931. The molecule has 1 rings (SSSR count). The number of hydrogen-bond donors (Lipinski definition) is 1. The van der Waals surface area contributed by atoms with Crippen molar-refractivity contribution in [2.75, 3.05) is 0 Å². The summed E-state index contributed by atoms with van der Waals surface area (Å²) in [4.78, 5) is 0. The van der Waals surface area contributed by atoms with E-state index in [1.54, 1.807) is 0 Å². The highest BCUT2D eigenvalue weighted by Crippen LogP contribution is 2.22. The third kappa shape index (κ3) is 1.63. The summed E-state index contributed by atoms with van der Waals surface area (Å²) in [6.45, 7) is 10.4. The molecule has 12 heavy (non-hydrogen) atoms. The highest BCUT2D eigenvalue weighted by molar-refractivity contribution is 5.20. The Morgan fingerprint density at radius 3 is 2.00 bits per heavy atom. The fourth-order valence-electron chi connectivity index (χ4n) is 0.963. The van der Waals surface area contributed by atoms with E-state index in [0.717, 1.165) is 5.88 Å². The van der Waals surface area contributed by atoms with E-state index in [9.17, 15) is 0 Å². The fraction of sp³-hybridized carbons (Fsp3) is 0.600. The average Bonchev–Trinajstić information content (AvgIpc) is 1.82. The van der Waals surface area contributed by atoms with Crippen LogP contribution in [0.5, 0.6) is 0 Å². The standard InChI is InChI=1S/C10H17NO/c1-6(2)8(5)10-11-9(12-10)7(3)4/h10-11H,1-5H3. The lowest BCUT2D eigenvalue weighted by molar-refractivity contribution is 0.00667. The van der Waals surface area contributed by atoms with E-state index in [2.05, 4.69) is 26.1 Å². The van der Waals surface area contributed by atoms with Gasteiger partial charge in [0.05, 0.1) is 0 Å². The molecule has 1 aliphatic rings. The lowest BCUT2D eigenvalue weighted by Gasteiger charge is -2.35. The Hall–Kier alpha value is -0.920. The molecule has 0 aromatic carbocycles. The average molecular weight is 167 g/mol. The Morgan fingerprint density at radius 1 is 1.17 bits per heavy atom. The maximum absolute atomic E-state index is 5.53. The Kier molecular flexibility index (Phi) is 2.46. The summed E-state index contributed by atoms with van der Waals surface area (Å²) < 4.78 is 5.53. The summed E-state index contributed by atoms with van der Waals surface area (Å²) in [6, 6.07) is 0. The van der Waals surface area contributed by atoms with Gasteiger partial charge in [0, 0.05) is 0 Å². The minimum atomic E-state index is 0.111. The SMILES string of the molecule is CC(C)=C1NC(C(C)=C(C)C)O1. The molecule has 2 nitrogen and oxygen atoms in total. The molecule has 68 valence electrons. The quantitative estimate of drug-likeness (QED) is 0.606. The van der Waals surface area contributed by atoms with Crippen LogP contribution in [0.2, 0.25) is 0 Å². The molecule has 0 radical (unpaired) electrons. The Bertz CT molecular complexity index is 235. The molecule has 0 amide bonds. The van der Waals surface area contributed by atoms with E-state index in [-0.39, 0.29) is 6.23 Å². The first-order valence-corrected chi connectivity index (χ1v) is 4.27. The van der Waals surface area contributed by atoms with Crippen LogP contribution in [0.15, 0.2) is 22.6 Å². The van der Waals surface area contributed by atoms with Crippen LogP contribution in [0.4, 0.5) is 0 Å². The predicted octanol–water partition coefficient (Wildman–Crippen LogP) is 2.54. The second-order valence-corrected chi connectivity index (χ2v) is 3.65. The highest BCUT2D eigenvalue weighted by Gasteiger charge is 2.25. The van der Waals surface area contributed by atoms with E-state index in [1.165, 1.54) is 16.7 Å². The van der Waals surface area contributed by atoms with Crippen LogP contribution < -0.4 is 5.32 Å². The number of ether oxygens (including phenoxy) is 1. The van der Waals surface area contributed by atoms with Crippen molar-refractivity contribution in [1.82, 2.24) is 5.32 Å². The summed E-state index contributed by atoms with van der Waals surface area (Å²) in [5, 5.41) is 3.26. The Morgan fingerprint density at radius 2 is 1.67 bits per heavy atom. The maximum Gasteiger partial charge on any atom is 0.196 e. The van der Waals surface area contributed by atoms with Gasteiger partial charge in [-0.3, -0.25) is 0 Å². The summed E-state index contributed by atoms with van der Waals surface area (Å²) in [7, 11) is 0. The first-order chi connectivity index (χ1) is 5.52. The molecule has 0 aromatic heterocycles. The molecule has 1 atom stereocenters. The zero-order valence-electron chi connectivity index (χ0n) is 8.49. The monoisotopic (exact) mass is 167 g/mol. The van der Waals surface area contributed by atoms with Crippen molar-refractivity contribution < 1.29 is 4.74 Å². The summed E-state index contributed by atoms with van der Waals surface area (Å²) in [6.07, 6.45) is 0.111. The first-order valence-electron chi connectivity index (χ1n) is 4.27. The van der Waals surface area contributed by atoms with Gasteiger partial charge >= 0.3 is 0 Å². The molecule has 0 bridgehead atoms.